The maximum atomic E-state index is 11.8. The number of Topliss-reactive ketones (excluding diaryl/α,β-unsaturated/α-hetero) is 1. The van der Waals surface area contributed by atoms with Crippen LogP contribution in [0.15, 0.2) is 22.7 Å². The Morgan fingerprint density at radius 1 is 1.16 bits per heavy atom. The van der Waals surface area contributed by atoms with E-state index in [1.54, 1.807) is 6.92 Å². The third-order valence-corrected chi connectivity index (χ3v) is 3.74. The summed E-state index contributed by atoms with van der Waals surface area (Å²) in [5, 5.41) is 0. The van der Waals surface area contributed by atoms with Crippen molar-refractivity contribution in [3.63, 3.8) is 0 Å². The van der Waals surface area contributed by atoms with Crippen LogP contribution in [0, 0.1) is 0 Å². The molecule has 0 unspecified atom stereocenters. The highest BCUT2D eigenvalue weighted by Crippen LogP contribution is 2.26. The molecule has 1 aromatic carbocycles. The van der Waals surface area contributed by atoms with Crippen LogP contribution in [0.25, 0.3) is 0 Å². The number of unbranched alkanes of at least 4 members (excludes halogenated alkanes) is 2. The van der Waals surface area contributed by atoms with Gasteiger partial charge in [-0.1, -0.05) is 42.6 Å². The Bertz CT molecular complexity index is 409. The first-order valence-corrected chi connectivity index (χ1v) is 7.94. The van der Waals surface area contributed by atoms with E-state index in [1.807, 2.05) is 12.1 Å². The zero-order valence-electron chi connectivity index (χ0n) is 12.2. The van der Waals surface area contributed by atoms with Crippen LogP contribution in [0.3, 0.4) is 0 Å². The summed E-state index contributed by atoms with van der Waals surface area (Å²) in [6.07, 6.45) is 4.67. The molecule has 1 aromatic rings. The Morgan fingerprint density at radius 3 is 2.21 bits per heavy atom. The number of nitrogens with zero attached hydrogens (tertiary/aromatic N) is 1. The second-order valence-electron chi connectivity index (χ2n) is 4.91. The second kappa shape index (κ2) is 8.36. The molecule has 0 aromatic heterocycles. The van der Waals surface area contributed by atoms with Crippen molar-refractivity contribution in [3.05, 3.63) is 28.2 Å². The molecule has 0 aliphatic heterocycles. The molecule has 1 rings (SSSR count). The summed E-state index contributed by atoms with van der Waals surface area (Å²) in [6, 6.07) is 5.94. The van der Waals surface area contributed by atoms with E-state index >= 15 is 0 Å². The van der Waals surface area contributed by atoms with Gasteiger partial charge in [0.25, 0.3) is 0 Å². The van der Waals surface area contributed by atoms with Crippen LogP contribution < -0.4 is 4.90 Å². The van der Waals surface area contributed by atoms with Crippen molar-refractivity contribution in [3.8, 4) is 0 Å². The van der Waals surface area contributed by atoms with Gasteiger partial charge in [0, 0.05) is 28.8 Å². The minimum atomic E-state index is 0.139. The van der Waals surface area contributed by atoms with E-state index in [9.17, 15) is 4.79 Å². The predicted octanol–water partition coefficient (Wildman–Crippen LogP) is 5.06. The summed E-state index contributed by atoms with van der Waals surface area (Å²) in [7, 11) is 0. The number of hydrogen-bond donors (Lipinski definition) is 0. The van der Waals surface area contributed by atoms with Gasteiger partial charge in [-0.15, -0.1) is 0 Å². The fraction of sp³-hybridized carbons (Fsp3) is 0.562. The smallest absolute Gasteiger partial charge is 0.161 e. The number of anilines is 1. The molecule has 2 nitrogen and oxygen atoms in total. The van der Waals surface area contributed by atoms with Crippen LogP contribution >= 0.6 is 15.9 Å². The first-order chi connectivity index (χ1) is 9.10. The fourth-order valence-corrected chi connectivity index (χ4v) is 2.46. The Hall–Kier alpha value is -0.830. The molecule has 0 atom stereocenters. The zero-order chi connectivity index (χ0) is 14.3. The number of hydrogen-bond acceptors (Lipinski definition) is 2. The second-order valence-corrected chi connectivity index (χ2v) is 5.83. The molecule has 0 fully saturated rings. The molecular weight excluding hydrogens is 302 g/mol. The summed E-state index contributed by atoms with van der Waals surface area (Å²) in [4.78, 5) is 14.1. The van der Waals surface area contributed by atoms with Crippen LogP contribution in [-0.4, -0.2) is 18.9 Å². The molecule has 0 amide bonds. The first kappa shape index (κ1) is 16.2. The summed E-state index contributed by atoms with van der Waals surface area (Å²) in [6.45, 7) is 8.08. The van der Waals surface area contributed by atoms with Gasteiger partial charge in [0.05, 0.1) is 0 Å². The molecule has 0 saturated heterocycles. The van der Waals surface area contributed by atoms with Gasteiger partial charge in [0.1, 0.15) is 0 Å². The molecule has 0 bridgehead atoms. The summed E-state index contributed by atoms with van der Waals surface area (Å²) in [5.74, 6) is 0.139. The van der Waals surface area contributed by atoms with Gasteiger partial charge in [0.2, 0.25) is 0 Å². The number of carbonyl (C=O) groups is 1. The lowest BCUT2D eigenvalue weighted by atomic mass is 10.1. The Balaban J connectivity index is 3.03. The molecule has 0 aliphatic rings. The maximum Gasteiger partial charge on any atom is 0.161 e. The van der Waals surface area contributed by atoms with E-state index in [0.29, 0.717) is 0 Å². The lowest BCUT2D eigenvalue weighted by Crippen LogP contribution is -2.27. The average Bonchev–Trinajstić information content (AvgIpc) is 2.38. The Morgan fingerprint density at radius 2 is 1.74 bits per heavy atom. The van der Waals surface area contributed by atoms with Gasteiger partial charge in [-0.3, -0.25) is 4.79 Å². The number of rotatable bonds is 8. The number of halogens is 1. The summed E-state index contributed by atoms with van der Waals surface area (Å²) < 4.78 is 1.03. The van der Waals surface area contributed by atoms with Crippen LogP contribution in [0.5, 0.6) is 0 Å². The van der Waals surface area contributed by atoms with Gasteiger partial charge in [-0.2, -0.15) is 0 Å². The molecule has 106 valence electrons. The van der Waals surface area contributed by atoms with Gasteiger partial charge >= 0.3 is 0 Å². The SMILES string of the molecule is CCCCN(CCCC)c1cc(Br)ccc1C(C)=O. The van der Waals surface area contributed by atoms with E-state index in [1.165, 1.54) is 12.8 Å². The molecule has 0 N–H and O–H groups in total. The van der Waals surface area contributed by atoms with Gasteiger partial charge < -0.3 is 4.90 Å². The highest BCUT2D eigenvalue weighted by molar-refractivity contribution is 9.10. The molecule has 0 saturated carbocycles. The molecule has 0 aliphatic carbocycles. The highest BCUT2D eigenvalue weighted by atomic mass is 79.9. The Kier molecular flexibility index (Phi) is 7.14. The predicted molar refractivity (Wildman–Crippen MR) is 86.2 cm³/mol. The molecule has 0 heterocycles. The standard InChI is InChI=1S/C16H24BrNO/c1-4-6-10-18(11-7-5-2)16-12-14(17)8-9-15(16)13(3)19/h8-9,12H,4-7,10-11H2,1-3H3. The number of ketones is 1. The average molecular weight is 326 g/mol. The molecule has 19 heavy (non-hydrogen) atoms. The monoisotopic (exact) mass is 325 g/mol. The van der Waals surface area contributed by atoms with E-state index < -0.39 is 0 Å². The topological polar surface area (TPSA) is 20.3 Å². The van der Waals surface area contributed by atoms with Crippen LogP contribution in [-0.2, 0) is 0 Å². The summed E-state index contributed by atoms with van der Waals surface area (Å²) in [5.41, 5.74) is 1.90. The van der Waals surface area contributed by atoms with Crippen molar-refractivity contribution < 1.29 is 4.79 Å². The molecule has 0 radical (unpaired) electrons. The van der Waals surface area contributed by atoms with Crippen molar-refractivity contribution in [1.82, 2.24) is 0 Å². The van der Waals surface area contributed by atoms with Crippen LogP contribution in [0.1, 0.15) is 56.8 Å². The van der Waals surface area contributed by atoms with Crippen molar-refractivity contribution in [2.24, 2.45) is 0 Å². The van der Waals surface area contributed by atoms with E-state index in [2.05, 4.69) is 40.7 Å². The van der Waals surface area contributed by atoms with E-state index in [4.69, 9.17) is 0 Å². The molecule has 3 heteroatoms. The van der Waals surface area contributed by atoms with E-state index in [-0.39, 0.29) is 5.78 Å². The van der Waals surface area contributed by atoms with Crippen molar-refractivity contribution in [2.75, 3.05) is 18.0 Å². The minimum Gasteiger partial charge on any atom is -0.371 e. The maximum absolute atomic E-state index is 11.8. The first-order valence-electron chi connectivity index (χ1n) is 7.15. The number of benzene rings is 1. The third-order valence-electron chi connectivity index (χ3n) is 3.24. The lowest BCUT2D eigenvalue weighted by Gasteiger charge is -2.26. The molecular formula is C16H24BrNO. The lowest BCUT2D eigenvalue weighted by molar-refractivity contribution is 0.101. The molecule has 0 spiro atoms. The normalized spacial score (nSPS) is 10.5. The van der Waals surface area contributed by atoms with Crippen molar-refractivity contribution in [1.29, 1.82) is 0 Å². The van der Waals surface area contributed by atoms with Crippen molar-refractivity contribution >= 4 is 27.4 Å². The number of carbonyl (C=O) groups excluding carboxylic acids is 1. The van der Waals surface area contributed by atoms with Gasteiger partial charge in [-0.05, 0) is 38.0 Å². The highest BCUT2D eigenvalue weighted by Gasteiger charge is 2.14. The van der Waals surface area contributed by atoms with Gasteiger partial charge in [-0.25, -0.2) is 0 Å². The van der Waals surface area contributed by atoms with Gasteiger partial charge in [0.15, 0.2) is 5.78 Å². The third kappa shape index (κ3) is 4.98. The largest absolute Gasteiger partial charge is 0.371 e. The minimum absolute atomic E-state index is 0.139. The Labute approximate surface area is 125 Å². The van der Waals surface area contributed by atoms with Crippen molar-refractivity contribution in [2.45, 2.75) is 46.5 Å². The van der Waals surface area contributed by atoms with E-state index in [0.717, 1.165) is 41.7 Å². The fourth-order valence-electron chi connectivity index (χ4n) is 2.11. The zero-order valence-corrected chi connectivity index (χ0v) is 13.8. The van der Waals surface area contributed by atoms with Crippen LogP contribution in [0.4, 0.5) is 5.69 Å². The van der Waals surface area contributed by atoms with Crippen LogP contribution in [0.2, 0.25) is 0 Å². The summed E-state index contributed by atoms with van der Waals surface area (Å²) >= 11 is 3.51. The quantitative estimate of drug-likeness (QED) is 0.623.